The Morgan fingerprint density at radius 3 is 3.14 bits per heavy atom. The number of carbonyl (C=O) groups is 1. The van der Waals surface area contributed by atoms with Gasteiger partial charge in [0.2, 0.25) is 5.91 Å². The van der Waals surface area contributed by atoms with Crippen molar-refractivity contribution in [1.29, 1.82) is 0 Å². The van der Waals surface area contributed by atoms with Gasteiger partial charge >= 0.3 is 0 Å². The number of nitrogens with one attached hydrogen (secondary N) is 1. The highest BCUT2D eigenvalue weighted by Gasteiger charge is 2.28. The number of hydrogen-bond acceptors (Lipinski definition) is 5. The predicted octanol–water partition coefficient (Wildman–Crippen LogP) is 3.82. The molecule has 0 aliphatic carbocycles. The molecule has 7 heteroatoms. The van der Waals surface area contributed by atoms with Gasteiger partial charge in [-0.3, -0.25) is 9.89 Å². The van der Waals surface area contributed by atoms with Crippen LogP contribution in [-0.2, 0) is 11.2 Å². The Bertz CT molecular complexity index is 1160. The van der Waals surface area contributed by atoms with E-state index in [2.05, 4.69) is 50.7 Å². The number of aryl methyl sites for hydroxylation is 1. The number of rotatable bonds is 3. The standard InChI is InChI=1S/C21H21N5OS/c1-13-4-5-17-16(9-13)15(12-28-17)10-18(27)26-8-2-3-14(11-26)19-20-21(25-24-19)23-7-6-22-20/h4-7,9,12,14H,2-3,8,10-11H2,1H3,(H,23,24,25). The van der Waals surface area contributed by atoms with Gasteiger partial charge in [0.05, 0.1) is 12.1 Å². The number of amides is 1. The molecule has 1 amide bonds. The molecule has 1 atom stereocenters. The van der Waals surface area contributed by atoms with Crippen LogP contribution in [0.15, 0.2) is 36.0 Å². The van der Waals surface area contributed by atoms with E-state index < -0.39 is 0 Å². The Balaban J connectivity index is 1.36. The highest BCUT2D eigenvalue weighted by atomic mass is 32.1. The third-order valence-electron chi connectivity index (χ3n) is 5.55. The quantitative estimate of drug-likeness (QED) is 0.576. The molecule has 4 aromatic rings. The molecular weight excluding hydrogens is 370 g/mol. The molecule has 6 nitrogen and oxygen atoms in total. The number of piperidine rings is 1. The molecule has 0 radical (unpaired) electrons. The van der Waals surface area contributed by atoms with E-state index in [1.165, 1.54) is 15.6 Å². The number of H-pyrrole nitrogens is 1. The number of likely N-dealkylation sites (tertiary alicyclic amines) is 1. The molecule has 1 fully saturated rings. The summed E-state index contributed by atoms with van der Waals surface area (Å²) in [6, 6.07) is 6.45. The van der Waals surface area contributed by atoms with Gasteiger partial charge in [-0.1, -0.05) is 17.7 Å². The topological polar surface area (TPSA) is 74.8 Å². The zero-order valence-corrected chi connectivity index (χ0v) is 16.5. The second-order valence-corrected chi connectivity index (χ2v) is 8.39. The van der Waals surface area contributed by atoms with E-state index in [1.54, 1.807) is 23.7 Å². The fourth-order valence-corrected chi connectivity index (χ4v) is 5.04. The molecule has 1 aromatic carbocycles. The predicted molar refractivity (Wildman–Crippen MR) is 111 cm³/mol. The summed E-state index contributed by atoms with van der Waals surface area (Å²) in [5.74, 6) is 0.418. The van der Waals surface area contributed by atoms with Gasteiger partial charge in [0, 0.05) is 36.1 Å². The Morgan fingerprint density at radius 1 is 1.32 bits per heavy atom. The van der Waals surface area contributed by atoms with Gasteiger partial charge < -0.3 is 4.90 Å². The van der Waals surface area contributed by atoms with E-state index >= 15 is 0 Å². The van der Waals surface area contributed by atoms with Crippen molar-refractivity contribution >= 4 is 38.5 Å². The number of hydrogen-bond donors (Lipinski definition) is 1. The number of fused-ring (bicyclic) bond motifs is 2. The lowest BCUT2D eigenvalue weighted by Crippen LogP contribution is -2.40. The number of aromatic amines is 1. The normalized spacial score (nSPS) is 17.5. The van der Waals surface area contributed by atoms with Crippen LogP contribution in [0, 0.1) is 6.92 Å². The molecule has 4 heterocycles. The number of benzene rings is 1. The molecule has 0 spiro atoms. The van der Waals surface area contributed by atoms with Crippen LogP contribution >= 0.6 is 11.3 Å². The van der Waals surface area contributed by atoms with E-state index in [-0.39, 0.29) is 11.8 Å². The summed E-state index contributed by atoms with van der Waals surface area (Å²) in [5.41, 5.74) is 4.82. The molecular formula is C21H21N5OS. The average Bonchev–Trinajstić information content (AvgIpc) is 3.32. The third kappa shape index (κ3) is 3.05. The Kier molecular flexibility index (Phi) is 4.31. The van der Waals surface area contributed by atoms with Gasteiger partial charge in [-0.15, -0.1) is 11.3 Å². The summed E-state index contributed by atoms with van der Waals surface area (Å²) >= 11 is 1.71. The van der Waals surface area contributed by atoms with E-state index in [4.69, 9.17) is 0 Å². The summed E-state index contributed by atoms with van der Waals surface area (Å²) < 4.78 is 1.24. The average molecular weight is 392 g/mol. The Hall–Kier alpha value is -2.80. The van der Waals surface area contributed by atoms with Crippen molar-refractivity contribution in [2.24, 2.45) is 0 Å². The molecule has 0 saturated carbocycles. The first kappa shape index (κ1) is 17.3. The van der Waals surface area contributed by atoms with Crippen molar-refractivity contribution in [1.82, 2.24) is 25.1 Å². The maximum Gasteiger partial charge on any atom is 0.227 e. The number of aromatic nitrogens is 4. The molecule has 28 heavy (non-hydrogen) atoms. The highest BCUT2D eigenvalue weighted by Crippen LogP contribution is 2.31. The monoisotopic (exact) mass is 391 g/mol. The maximum absolute atomic E-state index is 13.0. The fraction of sp³-hybridized carbons (Fsp3) is 0.333. The molecule has 3 aromatic heterocycles. The van der Waals surface area contributed by atoms with Crippen molar-refractivity contribution in [2.75, 3.05) is 13.1 Å². The van der Waals surface area contributed by atoms with Crippen molar-refractivity contribution < 1.29 is 4.79 Å². The van der Waals surface area contributed by atoms with Gasteiger partial charge in [-0.2, -0.15) is 5.10 Å². The molecule has 1 unspecified atom stereocenters. The SMILES string of the molecule is Cc1ccc2scc(CC(=O)N3CCCC(c4[nH]nc5nccnc45)C3)c2c1. The summed E-state index contributed by atoms with van der Waals surface area (Å²) in [7, 11) is 0. The van der Waals surface area contributed by atoms with Crippen LogP contribution in [0.5, 0.6) is 0 Å². The summed E-state index contributed by atoms with van der Waals surface area (Å²) in [5, 5.41) is 10.7. The lowest BCUT2D eigenvalue weighted by molar-refractivity contribution is -0.131. The van der Waals surface area contributed by atoms with Crippen LogP contribution in [-0.4, -0.2) is 44.1 Å². The Labute approximate surface area is 166 Å². The zero-order chi connectivity index (χ0) is 19.1. The first-order chi connectivity index (χ1) is 13.7. The van der Waals surface area contributed by atoms with Crippen LogP contribution in [0.1, 0.15) is 35.6 Å². The largest absolute Gasteiger partial charge is 0.342 e. The number of thiophene rings is 1. The van der Waals surface area contributed by atoms with Crippen molar-refractivity contribution in [3.63, 3.8) is 0 Å². The summed E-state index contributed by atoms with van der Waals surface area (Å²) in [4.78, 5) is 23.7. The van der Waals surface area contributed by atoms with Crippen molar-refractivity contribution in [3.8, 4) is 0 Å². The van der Waals surface area contributed by atoms with Gasteiger partial charge in [-0.25, -0.2) is 9.97 Å². The minimum atomic E-state index is 0.195. The molecule has 142 valence electrons. The van der Waals surface area contributed by atoms with Gasteiger partial charge in [0.25, 0.3) is 0 Å². The molecule has 1 N–H and O–H groups in total. The summed E-state index contributed by atoms with van der Waals surface area (Å²) in [6.45, 7) is 3.61. The molecule has 1 aliphatic rings. The number of nitrogens with zero attached hydrogens (tertiary/aromatic N) is 4. The van der Waals surface area contributed by atoms with E-state index in [9.17, 15) is 4.79 Å². The maximum atomic E-state index is 13.0. The second kappa shape index (κ2) is 6.98. The Morgan fingerprint density at radius 2 is 2.21 bits per heavy atom. The van der Waals surface area contributed by atoms with Crippen LogP contribution in [0.25, 0.3) is 21.3 Å². The highest BCUT2D eigenvalue weighted by molar-refractivity contribution is 7.17. The van der Waals surface area contributed by atoms with E-state index in [0.717, 1.165) is 36.2 Å². The van der Waals surface area contributed by atoms with Gasteiger partial charge in [0.1, 0.15) is 5.52 Å². The van der Waals surface area contributed by atoms with Gasteiger partial charge in [0.15, 0.2) is 5.65 Å². The minimum absolute atomic E-state index is 0.195. The van der Waals surface area contributed by atoms with Crippen LogP contribution < -0.4 is 0 Å². The first-order valence-corrected chi connectivity index (χ1v) is 10.5. The second-order valence-electron chi connectivity index (χ2n) is 7.48. The third-order valence-corrected chi connectivity index (χ3v) is 6.56. The van der Waals surface area contributed by atoms with Crippen molar-refractivity contribution in [3.05, 3.63) is 52.8 Å². The molecule has 0 bridgehead atoms. The van der Waals surface area contributed by atoms with E-state index in [1.807, 2.05) is 4.90 Å². The minimum Gasteiger partial charge on any atom is -0.342 e. The lowest BCUT2D eigenvalue weighted by Gasteiger charge is -2.32. The van der Waals surface area contributed by atoms with Gasteiger partial charge in [-0.05, 0) is 42.2 Å². The molecule has 1 aliphatic heterocycles. The lowest BCUT2D eigenvalue weighted by atomic mass is 9.94. The smallest absolute Gasteiger partial charge is 0.227 e. The fourth-order valence-electron chi connectivity index (χ4n) is 4.10. The van der Waals surface area contributed by atoms with Crippen LogP contribution in [0.3, 0.4) is 0 Å². The van der Waals surface area contributed by atoms with Crippen LogP contribution in [0.2, 0.25) is 0 Å². The van der Waals surface area contributed by atoms with Crippen molar-refractivity contribution in [2.45, 2.75) is 32.1 Å². The summed E-state index contributed by atoms with van der Waals surface area (Å²) in [6.07, 6.45) is 5.81. The van der Waals surface area contributed by atoms with E-state index in [0.29, 0.717) is 18.6 Å². The number of carbonyl (C=O) groups excluding carboxylic acids is 1. The zero-order valence-electron chi connectivity index (χ0n) is 15.7. The van der Waals surface area contributed by atoms with Crippen LogP contribution in [0.4, 0.5) is 0 Å². The molecule has 1 saturated heterocycles. The molecule has 5 rings (SSSR count). The first-order valence-electron chi connectivity index (χ1n) is 9.58.